The van der Waals surface area contributed by atoms with E-state index in [0.717, 1.165) is 23.2 Å². The fourth-order valence-corrected chi connectivity index (χ4v) is 3.21. The smallest absolute Gasteiger partial charge is 0.277 e. The maximum Gasteiger partial charge on any atom is 0.277 e. The van der Waals surface area contributed by atoms with Crippen LogP contribution in [0.15, 0.2) is 58.2 Å². The first kappa shape index (κ1) is 19.2. The van der Waals surface area contributed by atoms with E-state index in [1.165, 1.54) is 30.2 Å². The molecule has 1 amide bonds. The number of carbonyl (C=O) groups excluding carboxylic acids is 1. The van der Waals surface area contributed by atoms with Crippen LogP contribution in [0, 0.1) is 6.92 Å². The number of carbonyl (C=O) groups is 1. The van der Waals surface area contributed by atoms with E-state index in [0.29, 0.717) is 11.1 Å². The van der Waals surface area contributed by atoms with Gasteiger partial charge in [0.15, 0.2) is 0 Å². The van der Waals surface area contributed by atoms with E-state index < -0.39 is 0 Å². The summed E-state index contributed by atoms with van der Waals surface area (Å²) >= 11 is 1.23. The van der Waals surface area contributed by atoms with Crippen LogP contribution in [-0.2, 0) is 11.2 Å². The third-order valence-electron chi connectivity index (χ3n) is 4.17. The summed E-state index contributed by atoms with van der Waals surface area (Å²) < 4.78 is 5.67. The molecule has 0 saturated heterocycles. The predicted octanol–water partition coefficient (Wildman–Crippen LogP) is 5.12. The van der Waals surface area contributed by atoms with Crippen LogP contribution >= 0.6 is 11.8 Å². The van der Waals surface area contributed by atoms with Gasteiger partial charge < -0.3 is 9.73 Å². The molecule has 0 aliphatic rings. The summed E-state index contributed by atoms with van der Waals surface area (Å²) in [5.74, 6) is 0.586. The average Bonchev–Trinajstić information content (AvgIpc) is 3.15. The molecule has 140 valence electrons. The molecule has 0 bridgehead atoms. The van der Waals surface area contributed by atoms with Crippen LogP contribution in [0.1, 0.15) is 30.9 Å². The van der Waals surface area contributed by atoms with Gasteiger partial charge in [-0.25, -0.2) is 0 Å². The van der Waals surface area contributed by atoms with Crippen molar-refractivity contribution < 1.29 is 9.21 Å². The molecule has 0 fully saturated rings. The summed E-state index contributed by atoms with van der Waals surface area (Å²) in [6.45, 7) is 4.17. The van der Waals surface area contributed by atoms with Crippen LogP contribution < -0.4 is 5.32 Å². The van der Waals surface area contributed by atoms with Crippen molar-refractivity contribution in [1.82, 2.24) is 10.2 Å². The summed E-state index contributed by atoms with van der Waals surface area (Å²) in [6.07, 6.45) is 3.43. The first-order valence-electron chi connectivity index (χ1n) is 9.07. The van der Waals surface area contributed by atoms with Crippen LogP contribution in [0.5, 0.6) is 0 Å². The molecule has 6 heteroatoms. The van der Waals surface area contributed by atoms with Crippen molar-refractivity contribution in [1.29, 1.82) is 0 Å². The SMILES string of the molecule is CCCCc1ccc(NC(=O)CSc2nnc(-c3ccccc3C)o2)cc1. The zero-order chi connectivity index (χ0) is 19.1. The van der Waals surface area contributed by atoms with Crippen LogP contribution in [0.2, 0.25) is 0 Å². The lowest BCUT2D eigenvalue weighted by Crippen LogP contribution is -2.13. The van der Waals surface area contributed by atoms with E-state index >= 15 is 0 Å². The zero-order valence-electron chi connectivity index (χ0n) is 15.6. The molecule has 0 saturated carbocycles. The lowest BCUT2D eigenvalue weighted by molar-refractivity contribution is -0.113. The largest absolute Gasteiger partial charge is 0.411 e. The molecular weight excluding hydrogens is 358 g/mol. The molecule has 1 aromatic heterocycles. The number of hydrogen-bond acceptors (Lipinski definition) is 5. The van der Waals surface area contributed by atoms with Gasteiger partial charge in [-0.15, -0.1) is 10.2 Å². The van der Waals surface area contributed by atoms with Crippen molar-refractivity contribution >= 4 is 23.4 Å². The van der Waals surface area contributed by atoms with Crippen LogP contribution in [0.3, 0.4) is 0 Å². The number of nitrogens with zero attached hydrogens (tertiary/aromatic N) is 2. The topological polar surface area (TPSA) is 68.0 Å². The molecule has 0 spiro atoms. The molecule has 0 radical (unpaired) electrons. The fourth-order valence-electron chi connectivity index (χ4n) is 2.65. The highest BCUT2D eigenvalue weighted by molar-refractivity contribution is 7.99. The Morgan fingerprint density at radius 3 is 2.63 bits per heavy atom. The Morgan fingerprint density at radius 2 is 1.89 bits per heavy atom. The Kier molecular flexibility index (Phi) is 6.65. The van der Waals surface area contributed by atoms with Crippen molar-refractivity contribution in [3.63, 3.8) is 0 Å². The monoisotopic (exact) mass is 381 g/mol. The van der Waals surface area contributed by atoms with Gasteiger partial charge in [-0.2, -0.15) is 0 Å². The van der Waals surface area contributed by atoms with E-state index in [2.05, 4.69) is 34.6 Å². The van der Waals surface area contributed by atoms with Crippen molar-refractivity contribution in [3.8, 4) is 11.5 Å². The Morgan fingerprint density at radius 1 is 1.11 bits per heavy atom. The number of unbranched alkanes of at least 4 members (excludes halogenated alkanes) is 1. The van der Waals surface area contributed by atoms with E-state index in [1.807, 2.05) is 43.3 Å². The third-order valence-corrected chi connectivity index (χ3v) is 4.98. The number of aryl methyl sites for hydroxylation is 2. The summed E-state index contributed by atoms with van der Waals surface area (Å²) in [5, 5.41) is 11.4. The number of thioether (sulfide) groups is 1. The maximum atomic E-state index is 12.2. The Balaban J connectivity index is 1.51. The second-order valence-electron chi connectivity index (χ2n) is 6.33. The quantitative estimate of drug-likeness (QED) is 0.549. The first-order valence-corrected chi connectivity index (χ1v) is 10.1. The minimum absolute atomic E-state index is 0.100. The predicted molar refractivity (Wildman–Crippen MR) is 109 cm³/mol. The molecule has 0 atom stereocenters. The van der Waals surface area contributed by atoms with Crippen LogP contribution in [0.4, 0.5) is 5.69 Å². The van der Waals surface area contributed by atoms with Gasteiger partial charge in [-0.1, -0.05) is 55.4 Å². The van der Waals surface area contributed by atoms with E-state index in [4.69, 9.17) is 4.42 Å². The molecule has 1 heterocycles. The van der Waals surface area contributed by atoms with E-state index in [-0.39, 0.29) is 11.7 Å². The second kappa shape index (κ2) is 9.37. The lowest BCUT2D eigenvalue weighted by Gasteiger charge is -2.05. The number of aromatic nitrogens is 2. The van der Waals surface area contributed by atoms with Gasteiger partial charge in [0.1, 0.15) is 0 Å². The molecule has 0 unspecified atom stereocenters. The fraction of sp³-hybridized carbons (Fsp3) is 0.286. The van der Waals surface area contributed by atoms with E-state index in [1.54, 1.807) is 0 Å². The number of amides is 1. The van der Waals surface area contributed by atoms with Gasteiger partial charge in [-0.3, -0.25) is 4.79 Å². The summed E-state index contributed by atoms with van der Waals surface area (Å²) in [4.78, 5) is 12.2. The molecule has 5 nitrogen and oxygen atoms in total. The standard InChI is InChI=1S/C21H23N3O2S/c1-3-4-8-16-10-12-17(13-11-16)22-19(25)14-27-21-24-23-20(26-21)18-9-6-5-7-15(18)2/h5-7,9-13H,3-4,8,14H2,1-2H3,(H,22,25). The molecule has 3 rings (SSSR count). The molecule has 0 aliphatic carbocycles. The Hall–Kier alpha value is -2.60. The molecular formula is C21H23N3O2S. The first-order chi connectivity index (χ1) is 13.2. The minimum atomic E-state index is -0.100. The summed E-state index contributed by atoms with van der Waals surface area (Å²) in [5.41, 5.74) is 4.06. The van der Waals surface area contributed by atoms with Crippen molar-refractivity contribution in [2.45, 2.75) is 38.3 Å². The van der Waals surface area contributed by atoms with Gasteiger partial charge >= 0.3 is 0 Å². The highest BCUT2D eigenvalue weighted by atomic mass is 32.2. The number of rotatable bonds is 8. The van der Waals surface area contributed by atoms with Gasteiger partial charge in [0.05, 0.1) is 5.75 Å². The molecule has 27 heavy (non-hydrogen) atoms. The van der Waals surface area contributed by atoms with Gasteiger partial charge in [0, 0.05) is 11.3 Å². The number of anilines is 1. The average molecular weight is 382 g/mol. The van der Waals surface area contributed by atoms with Gasteiger partial charge in [0.25, 0.3) is 5.22 Å². The van der Waals surface area contributed by atoms with Crippen molar-refractivity contribution in [3.05, 3.63) is 59.7 Å². The number of benzene rings is 2. The molecule has 2 aromatic carbocycles. The highest BCUT2D eigenvalue weighted by Gasteiger charge is 2.12. The van der Waals surface area contributed by atoms with Crippen molar-refractivity contribution in [2.24, 2.45) is 0 Å². The Bertz CT molecular complexity index is 890. The molecule has 0 aliphatic heterocycles. The second-order valence-corrected chi connectivity index (χ2v) is 7.25. The third kappa shape index (κ3) is 5.44. The maximum absolute atomic E-state index is 12.2. The summed E-state index contributed by atoms with van der Waals surface area (Å²) in [6, 6.07) is 15.8. The Labute approximate surface area is 163 Å². The normalized spacial score (nSPS) is 10.7. The van der Waals surface area contributed by atoms with E-state index in [9.17, 15) is 4.79 Å². The minimum Gasteiger partial charge on any atom is -0.411 e. The van der Waals surface area contributed by atoms with Crippen LogP contribution in [0.25, 0.3) is 11.5 Å². The zero-order valence-corrected chi connectivity index (χ0v) is 16.4. The highest BCUT2D eigenvalue weighted by Crippen LogP contribution is 2.25. The lowest BCUT2D eigenvalue weighted by atomic mass is 10.1. The number of nitrogens with one attached hydrogen (secondary N) is 1. The molecule has 3 aromatic rings. The molecule has 1 N–H and O–H groups in total. The summed E-state index contributed by atoms with van der Waals surface area (Å²) in [7, 11) is 0. The van der Waals surface area contributed by atoms with Gasteiger partial charge in [-0.05, 0) is 49.1 Å². The van der Waals surface area contributed by atoms with Crippen molar-refractivity contribution in [2.75, 3.05) is 11.1 Å². The number of hydrogen-bond donors (Lipinski definition) is 1. The van der Waals surface area contributed by atoms with Gasteiger partial charge in [0.2, 0.25) is 11.8 Å². The van der Waals surface area contributed by atoms with Crippen LogP contribution in [-0.4, -0.2) is 21.9 Å².